The number of hydrogen-bond acceptors (Lipinski definition) is 3. The fourth-order valence-electron chi connectivity index (χ4n) is 1.17. The van der Waals surface area contributed by atoms with Crippen molar-refractivity contribution in [2.75, 3.05) is 7.11 Å². The zero-order valence-corrected chi connectivity index (χ0v) is 10.0. The lowest BCUT2D eigenvalue weighted by atomic mass is 10.2. The number of hydrogen-bond donors (Lipinski definition) is 0. The van der Waals surface area contributed by atoms with Gasteiger partial charge >= 0.3 is 0 Å². The number of nitrogens with zero attached hydrogens (tertiary/aromatic N) is 2. The van der Waals surface area contributed by atoms with E-state index in [0.29, 0.717) is 16.4 Å². The van der Waals surface area contributed by atoms with Crippen LogP contribution in [0.25, 0.3) is 10.9 Å². The fourth-order valence-corrected chi connectivity index (χ4v) is 1.62. The number of benzene rings is 1. The fraction of sp³-hybridized carbons (Fsp3) is 0.111. The summed E-state index contributed by atoms with van der Waals surface area (Å²) < 4.78 is 5.06. The molecule has 0 aliphatic heterocycles. The number of fused-ring (bicyclic) bond motifs is 1. The first-order valence-electron chi connectivity index (χ1n) is 3.87. The van der Waals surface area contributed by atoms with Gasteiger partial charge in [0.15, 0.2) is 0 Å². The molecule has 0 unspecified atom stereocenters. The lowest BCUT2D eigenvalue weighted by Gasteiger charge is -2.03. The molecule has 0 saturated carbocycles. The van der Waals surface area contributed by atoms with E-state index in [1.807, 2.05) is 0 Å². The highest BCUT2D eigenvalue weighted by Gasteiger charge is 2.05. The molecule has 0 saturated heterocycles. The summed E-state index contributed by atoms with van der Waals surface area (Å²) in [5.41, 5.74) is 0.704. The second kappa shape index (κ2) is 4.84. The van der Waals surface area contributed by atoms with Gasteiger partial charge in [-0.25, -0.2) is 9.97 Å². The van der Waals surface area contributed by atoms with Crippen LogP contribution in [-0.4, -0.2) is 17.1 Å². The number of halogens is 3. The molecule has 3 nitrogen and oxygen atoms in total. The topological polar surface area (TPSA) is 35.0 Å². The van der Waals surface area contributed by atoms with E-state index in [2.05, 4.69) is 9.97 Å². The van der Waals surface area contributed by atoms with Crippen molar-refractivity contribution in [3.63, 3.8) is 0 Å². The molecule has 0 N–H and O–H groups in total. The Morgan fingerprint density at radius 1 is 1.20 bits per heavy atom. The van der Waals surface area contributed by atoms with Gasteiger partial charge in [-0.2, -0.15) is 0 Å². The lowest BCUT2D eigenvalue weighted by molar-refractivity contribution is 0.415. The monoisotopic (exact) mass is 264 g/mol. The third-order valence-corrected chi connectivity index (χ3v) is 2.29. The van der Waals surface area contributed by atoms with Crippen LogP contribution >= 0.6 is 35.6 Å². The Morgan fingerprint density at radius 3 is 2.60 bits per heavy atom. The Bertz CT molecular complexity index is 490. The van der Waals surface area contributed by atoms with Gasteiger partial charge in [0, 0.05) is 5.39 Å². The highest BCUT2D eigenvalue weighted by molar-refractivity contribution is 6.35. The van der Waals surface area contributed by atoms with E-state index in [4.69, 9.17) is 27.9 Å². The van der Waals surface area contributed by atoms with E-state index < -0.39 is 0 Å². The zero-order chi connectivity index (χ0) is 10.1. The van der Waals surface area contributed by atoms with E-state index >= 15 is 0 Å². The molecule has 2 aromatic rings. The summed E-state index contributed by atoms with van der Waals surface area (Å²) in [6, 6.07) is 5.35. The highest BCUT2D eigenvalue weighted by Crippen LogP contribution is 2.25. The molecule has 0 bridgehead atoms. The van der Waals surface area contributed by atoms with Crippen molar-refractivity contribution in [3.8, 4) is 5.75 Å². The number of rotatable bonds is 1. The van der Waals surface area contributed by atoms with Crippen molar-refractivity contribution in [1.82, 2.24) is 9.97 Å². The molecule has 0 atom stereocenters. The van der Waals surface area contributed by atoms with Gasteiger partial charge in [0.05, 0.1) is 12.6 Å². The van der Waals surface area contributed by atoms with E-state index in [1.54, 1.807) is 25.3 Å². The SMILES string of the molecule is COc1ccc2nc(Cl)nc(Cl)c2c1.Cl. The second-order valence-electron chi connectivity index (χ2n) is 2.67. The molecule has 0 fully saturated rings. The summed E-state index contributed by atoms with van der Waals surface area (Å²) in [6.07, 6.45) is 0. The van der Waals surface area contributed by atoms with Crippen molar-refractivity contribution in [2.45, 2.75) is 0 Å². The molecule has 0 spiro atoms. The molecular weight excluding hydrogens is 258 g/mol. The standard InChI is InChI=1S/C9H6Cl2N2O.ClH/c1-14-5-2-3-7-6(4-5)8(10)13-9(11)12-7;/h2-4H,1H3;1H. The molecular formula is C9H7Cl3N2O. The molecule has 1 aromatic carbocycles. The first kappa shape index (κ1) is 12.3. The molecule has 2 rings (SSSR count). The van der Waals surface area contributed by atoms with E-state index in [9.17, 15) is 0 Å². The Kier molecular flexibility index (Phi) is 3.97. The van der Waals surface area contributed by atoms with Crippen LogP contribution in [0.3, 0.4) is 0 Å². The number of methoxy groups -OCH3 is 1. The van der Waals surface area contributed by atoms with Crippen LogP contribution in [0.1, 0.15) is 0 Å². The van der Waals surface area contributed by atoms with E-state index in [0.717, 1.165) is 5.39 Å². The number of ether oxygens (including phenoxy) is 1. The van der Waals surface area contributed by atoms with Gasteiger partial charge in [-0.3, -0.25) is 0 Å². The largest absolute Gasteiger partial charge is 0.497 e. The Hall–Kier alpha value is -0.770. The minimum atomic E-state index is 0. The summed E-state index contributed by atoms with van der Waals surface area (Å²) in [5.74, 6) is 0.713. The van der Waals surface area contributed by atoms with Crippen molar-refractivity contribution < 1.29 is 4.74 Å². The Morgan fingerprint density at radius 2 is 1.93 bits per heavy atom. The Balaban J connectivity index is 0.00000112. The normalized spacial score (nSPS) is 9.80. The van der Waals surface area contributed by atoms with Crippen molar-refractivity contribution in [1.29, 1.82) is 0 Å². The maximum atomic E-state index is 5.90. The first-order chi connectivity index (χ1) is 6.70. The minimum absolute atomic E-state index is 0. The molecule has 80 valence electrons. The third-order valence-electron chi connectivity index (χ3n) is 1.83. The van der Waals surface area contributed by atoms with Gasteiger partial charge in [-0.1, -0.05) is 11.6 Å². The van der Waals surface area contributed by atoms with Gasteiger partial charge < -0.3 is 4.74 Å². The smallest absolute Gasteiger partial charge is 0.224 e. The van der Waals surface area contributed by atoms with E-state index in [1.165, 1.54) is 0 Å². The summed E-state index contributed by atoms with van der Waals surface area (Å²) in [4.78, 5) is 7.87. The van der Waals surface area contributed by atoms with Crippen LogP contribution in [0.2, 0.25) is 10.4 Å². The van der Waals surface area contributed by atoms with Gasteiger partial charge in [0.2, 0.25) is 5.28 Å². The highest BCUT2D eigenvalue weighted by atomic mass is 35.5. The van der Waals surface area contributed by atoms with Crippen molar-refractivity contribution >= 4 is 46.5 Å². The summed E-state index contributed by atoms with van der Waals surface area (Å²) in [5, 5.41) is 1.21. The minimum Gasteiger partial charge on any atom is -0.497 e. The average molecular weight is 266 g/mol. The van der Waals surface area contributed by atoms with Gasteiger partial charge in [-0.15, -0.1) is 12.4 Å². The molecule has 0 radical (unpaired) electrons. The summed E-state index contributed by atoms with van der Waals surface area (Å²) >= 11 is 11.6. The Labute approximate surface area is 103 Å². The maximum Gasteiger partial charge on any atom is 0.224 e. The third kappa shape index (κ3) is 2.43. The average Bonchev–Trinajstić information content (AvgIpc) is 2.17. The quantitative estimate of drug-likeness (QED) is 0.586. The second-order valence-corrected chi connectivity index (χ2v) is 3.36. The summed E-state index contributed by atoms with van der Waals surface area (Å²) in [6.45, 7) is 0. The predicted molar refractivity (Wildman–Crippen MR) is 63.4 cm³/mol. The molecule has 0 aliphatic rings. The number of aromatic nitrogens is 2. The zero-order valence-electron chi connectivity index (χ0n) is 7.70. The van der Waals surface area contributed by atoms with E-state index in [-0.39, 0.29) is 17.7 Å². The summed E-state index contributed by atoms with van der Waals surface area (Å²) in [7, 11) is 1.59. The van der Waals surface area contributed by atoms with Crippen LogP contribution in [0.5, 0.6) is 5.75 Å². The maximum absolute atomic E-state index is 5.90. The molecule has 0 aliphatic carbocycles. The van der Waals surface area contributed by atoms with Crippen LogP contribution in [-0.2, 0) is 0 Å². The molecule has 1 aromatic heterocycles. The van der Waals surface area contributed by atoms with Crippen LogP contribution in [0.4, 0.5) is 0 Å². The molecule has 15 heavy (non-hydrogen) atoms. The van der Waals surface area contributed by atoms with Gasteiger partial charge in [-0.05, 0) is 29.8 Å². The first-order valence-corrected chi connectivity index (χ1v) is 4.63. The molecule has 1 heterocycles. The van der Waals surface area contributed by atoms with Crippen molar-refractivity contribution in [3.05, 3.63) is 28.6 Å². The molecule has 6 heteroatoms. The lowest BCUT2D eigenvalue weighted by Crippen LogP contribution is -1.88. The van der Waals surface area contributed by atoms with Gasteiger partial charge in [0.1, 0.15) is 10.9 Å². The van der Waals surface area contributed by atoms with Crippen molar-refractivity contribution in [2.24, 2.45) is 0 Å². The van der Waals surface area contributed by atoms with Crippen LogP contribution < -0.4 is 4.74 Å². The predicted octanol–water partition coefficient (Wildman–Crippen LogP) is 3.37. The van der Waals surface area contributed by atoms with Crippen LogP contribution in [0.15, 0.2) is 18.2 Å². The van der Waals surface area contributed by atoms with Gasteiger partial charge in [0.25, 0.3) is 0 Å². The molecule has 0 amide bonds. The van der Waals surface area contributed by atoms with Crippen LogP contribution in [0, 0.1) is 0 Å².